The Labute approximate surface area is 104 Å². The zero-order chi connectivity index (χ0) is 12.4. The Morgan fingerprint density at radius 3 is 2.71 bits per heavy atom. The first-order valence-electron chi connectivity index (χ1n) is 5.14. The molecule has 4 heteroatoms. The molecule has 0 radical (unpaired) electrons. The standard InChI is InChI=1S/C13H11ClFNO/c1-8-5-6-9(7-16-8)13(17)10-3-2-4-11(14)12(10)15/h2-7,13,17H,1H3. The number of hydrogen-bond acceptors (Lipinski definition) is 2. The van der Waals surface area contributed by atoms with Crippen molar-refractivity contribution in [2.45, 2.75) is 13.0 Å². The van der Waals surface area contributed by atoms with Crippen molar-refractivity contribution in [3.05, 3.63) is 64.2 Å². The molecule has 1 heterocycles. The molecular weight excluding hydrogens is 241 g/mol. The third kappa shape index (κ3) is 2.46. The van der Waals surface area contributed by atoms with Crippen molar-refractivity contribution in [1.82, 2.24) is 4.98 Å². The third-order valence-electron chi connectivity index (χ3n) is 2.53. The van der Waals surface area contributed by atoms with Crippen molar-refractivity contribution in [3.63, 3.8) is 0 Å². The summed E-state index contributed by atoms with van der Waals surface area (Å²) in [6, 6.07) is 8.03. The van der Waals surface area contributed by atoms with Crippen molar-refractivity contribution >= 4 is 11.6 Å². The van der Waals surface area contributed by atoms with Crippen LogP contribution in [0.25, 0.3) is 0 Å². The van der Waals surface area contributed by atoms with Gasteiger partial charge in [0.1, 0.15) is 11.9 Å². The van der Waals surface area contributed by atoms with Gasteiger partial charge in [-0.25, -0.2) is 4.39 Å². The predicted octanol–water partition coefficient (Wildman–Crippen LogP) is 3.26. The van der Waals surface area contributed by atoms with Crippen LogP contribution in [0.15, 0.2) is 36.5 Å². The Bertz CT molecular complexity index is 527. The second-order valence-electron chi connectivity index (χ2n) is 3.78. The Balaban J connectivity index is 2.40. The third-order valence-corrected chi connectivity index (χ3v) is 2.82. The second-order valence-corrected chi connectivity index (χ2v) is 4.19. The maximum absolute atomic E-state index is 13.7. The summed E-state index contributed by atoms with van der Waals surface area (Å²) in [5.41, 5.74) is 1.53. The molecule has 0 amide bonds. The molecule has 0 spiro atoms. The molecule has 88 valence electrons. The summed E-state index contributed by atoms with van der Waals surface area (Å²) < 4.78 is 13.7. The van der Waals surface area contributed by atoms with E-state index in [2.05, 4.69) is 4.98 Å². The quantitative estimate of drug-likeness (QED) is 0.889. The first-order chi connectivity index (χ1) is 8.09. The van der Waals surface area contributed by atoms with Crippen LogP contribution in [0.3, 0.4) is 0 Å². The molecule has 1 aromatic heterocycles. The molecule has 0 fully saturated rings. The summed E-state index contributed by atoms with van der Waals surface area (Å²) in [5.74, 6) is -0.595. The highest BCUT2D eigenvalue weighted by atomic mass is 35.5. The number of aryl methyl sites for hydroxylation is 1. The summed E-state index contributed by atoms with van der Waals surface area (Å²) in [6.45, 7) is 1.84. The van der Waals surface area contributed by atoms with Gasteiger partial charge in [-0.05, 0) is 19.1 Å². The van der Waals surface area contributed by atoms with E-state index in [0.29, 0.717) is 5.56 Å². The van der Waals surface area contributed by atoms with Crippen LogP contribution in [-0.4, -0.2) is 10.1 Å². The Morgan fingerprint density at radius 2 is 2.06 bits per heavy atom. The highest BCUT2D eigenvalue weighted by molar-refractivity contribution is 6.30. The fourth-order valence-corrected chi connectivity index (χ4v) is 1.73. The molecule has 1 unspecified atom stereocenters. The number of aliphatic hydroxyl groups excluding tert-OH is 1. The second kappa shape index (κ2) is 4.82. The summed E-state index contributed by atoms with van der Waals surface area (Å²) in [5, 5.41) is 10.1. The summed E-state index contributed by atoms with van der Waals surface area (Å²) in [4.78, 5) is 4.06. The molecule has 2 rings (SSSR count). The topological polar surface area (TPSA) is 33.1 Å². The number of nitrogens with zero attached hydrogens (tertiary/aromatic N) is 1. The van der Waals surface area contributed by atoms with Crippen LogP contribution in [0.5, 0.6) is 0 Å². The minimum atomic E-state index is -1.05. The normalized spacial score (nSPS) is 12.5. The van der Waals surface area contributed by atoms with E-state index < -0.39 is 11.9 Å². The molecule has 0 bridgehead atoms. The Kier molecular flexibility index (Phi) is 3.41. The van der Waals surface area contributed by atoms with Gasteiger partial charge >= 0.3 is 0 Å². The lowest BCUT2D eigenvalue weighted by Crippen LogP contribution is -2.03. The molecular formula is C13H11ClFNO. The zero-order valence-electron chi connectivity index (χ0n) is 9.19. The average molecular weight is 252 g/mol. The molecule has 17 heavy (non-hydrogen) atoms. The van der Waals surface area contributed by atoms with Crippen LogP contribution in [0.4, 0.5) is 4.39 Å². The smallest absolute Gasteiger partial charge is 0.147 e. The lowest BCUT2D eigenvalue weighted by Gasteiger charge is -2.12. The first-order valence-corrected chi connectivity index (χ1v) is 5.52. The van der Waals surface area contributed by atoms with Gasteiger partial charge in [0, 0.05) is 23.0 Å². The van der Waals surface area contributed by atoms with Gasteiger partial charge in [-0.1, -0.05) is 29.8 Å². The van der Waals surface area contributed by atoms with Crippen LogP contribution in [0, 0.1) is 12.7 Å². The highest BCUT2D eigenvalue weighted by Gasteiger charge is 2.16. The van der Waals surface area contributed by atoms with E-state index in [1.165, 1.54) is 18.3 Å². The van der Waals surface area contributed by atoms with E-state index in [1.54, 1.807) is 18.2 Å². The maximum Gasteiger partial charge on any atom is 0.147 e. The molecule has 2 aromatic rings. The Morgan fingerprint density at radius 1 is 1.29 bits per heavy atom. The van der Waals surface area contributed by atoms with Gasteiger partial charge in [0.15, 0.2) is 0 Å². The van der Waals surface area contributed by atoms with E-state index in [9.17, 15) is 9.50 Å². The minimum absolute atomic E-state index is 0.00150. The van der Waals surface area contributed by atoms with E-state index in [4.69, 9.17) is 11.6 Å². The molecule has 1 N–H and O–H groups in total. The van der Waals surface area contributed by atoms with Gasteiger partial charge in [-0.3, -0.25) is 4.98 Å². The Hall–Kier alpha value is -1.45. The molecule has 0 saturated heterocycles. The van der Waals surface area contributed by atoms with Gasteiger partial charge < -0.3 is 5.11 Å². The largest absolute Gasteiger partial charge is 0.383 e. The van der Waals surface area contributed by atoms with E-state index in [1.807, 2.05) is 6.92 Å². The fraction of sp³-hybridized carbons (Fsp3) is 0.154. The van der Waals surface area contributed by atoms with Crippen molar-refractivity contribution in [2.75, 3.05) is 0 Å². The summed E-state index contributed by atoms with van der Waals surface area (Å²) in [6.07, 6.45) is 0.474. The van der Waals surface area contributed by atoms with Crippen LogP contribution < -0.4 is 0 Å². The van der Waals surface area contributed by atoms with E-state index in [-0.39, 0.29) is 10.6 Å². The molecule has 1 atom stereocenters. The van der Waals surface area contributed by atoms with Crippen LogP contribution in [0.2, 0.25) is 5.02 Å². The summed E-state index contributed by atoms with van der Waals surface area (Å²) in [7, 11) is 0. The number of aromatic nitrogens is 1. The summed E-state index contributed by atoms with van der Waals surface area (Å²) >= 11 is 5.67. The first kappa shape index (κ1) is 12.0. The van der Waals surface area contributed by atoms with Crippen molar-refractivity contribution in [2.24, 2.45) is 0 Å². The molecule has 0 aliphatic heterocycles. The van der Waals surface area contributed by atoms with E-state index in [0.717, 1.165) is 5.69 Å². The van der Waals surface area contributed by atoms with Crippen molar-refractivity contribution in [1.29, 1.82) is 0 Å². The number of benzene rings is 1. The number of rotatable bonds is 2. The maximum atomic E-state index is 13.7. The lowest BCUT2D eigenvalue weighted by molar-refractivity contribution is 0.214. The lowest BCUT2D eigenvalue weighted by atomic mass is 10.0. The van der Waals surface area contributed by atoms with Gasteiger partial charge in [0.2, 0.25) is 0 Å². The number of pyridine rings is 1. The van der Waals surface area contributed by atoms with Crippen molar-refractivity contribution in [3.8, 4) is 0 Å². The predicted molar refractivity (Wildman–Crippen MR) is 64.4 cm³/mol. The minimum Gasteiger partial charge on any atom is -0.383 e. The van der Waals surface area contributed by atoms with Gasteiger partial charge in [0.25, 0.3) is 0 Å². The highest BCUT2D eigenvalue weighted by Crippen LogP contribution is 2.27. The van der Waals surface area contributed by atoms with Crippen LogP contribution in [0.1, 0.15) is 22.9 Å². The van der Waals surface area contributed by atoms with Gasteiger partial charge in [-0.2, -0.15) is 0 Å². The van der Waals surface area contributed by atoms with Crippen LogP contribution >= 0.6 is 11.6 Å². The molecule has 0 aliphatic carbocycles. The van der Waals surface area contributed by atoms with Crippen LogP contribution in [-0.2, 0) is 0 Å². The molecule has 0 saturated carbocycles. The van der Waals surface area contributed by atoms with Crippen molar-refractivity contribution < 1.29 is 9.50 Å². The average Bonchev–Trinajstić information content (AvgIpc) is 2.33. The van der Waals surface area contributed by atoms with Gasteiger partial charge in [0.05, 0.1) is 5.02 Å². The number of aliphatic hydroxyl groups is 1. The number of hydrogen-bond donors (Lipinski definition) is 1. The molecule has 2 nitrogen and oxygen atoms in total. The molecule has 0 aliphatic rings. The number of halogens is 2. The van der Waals surface area contributed by atoms with E-state index >= 15 is 0 Å². The van der Waals surface area contributed by atoms with Gasteiger partial charge in [-0.15, -0.1) is 0 Å². The zero-order valence-corrected chi connectivity index (χ0v) is 9.95. The SMILES string of the molecule is Cc1ccc(C(O)c2cccc(Cl)c2F)cn1. The molecule has 1 aromatic carbocycles. The fourth-order valence-electron chi connectivity index (χ4n) is 1.55. The monoisotopic (exact) mass is 251 g/mol.